The van der Waals surface area contributed by atoms with Gasteiger partial charge in [0.15, 0.2) is 5.96 Å². The third-order valence-electron chi connectivity index (χ3n) is 4.44. The van der Waals surface area contributed by atoms with E-state index in [1.807, 2.05) is 43.3 Å². The number of anilines is 1. The lowest BCUT2D eigenvalue weighted by Gasteiger charge is -2.37. The Morgan fingerprint density at radius 2 is 1.92 bits per heavy atom. The van der Waals surface area contributed by atoms with Gasteiger partial charge in [0.05, 0.1) is 13.3 Å². The van der Waals surface area contributed by atoms with Crippen LogP contribution in [0.2, 0.25) is 0 Å². The molecule has 1 fully saturated rings. The Morgan fingerprint density at radius 1 is 1.20 bits per heavy atom. The van der Waals surface area contributed by atoms with Crippen LogP contribution in [0.3, 0.4) is 0 Å². The van der Waals surface area contributed by atoms with Crippen molar-refractivity contribution in [3.63, 3.8) is 0 Å². The second-order valence-electron chi connectivity index (χ2n) is 6.10. The maximum atomic E-state index is 5.23. The van der Waals surface area contributed by atoms with Crippen LogP contribution in [-0.2, 0) is 13.6 Å². The van der Waals surface area contributed by atoms with Gasteiger partial charge in [0, 0.05) is 64.3 Å². The Labute approximate surface area is 148 Å². The fourth-order valence-electron chi connectivity index (χ4n) is 3.05. The third-order valence-corrected chi connectivity index (χ3v) is 4.44. The number of nitrogens with one attached hydrogen (secondary N) is 1. The van der Waals surface area contributed by atoms with Gasteiger partial charge < -0.3 is 19.9 Å². The molecule has 134 valence electrons. The zero-order valence-electron chi connectivity index (χ0n) is 15.1. The summed E-state index contributed by atoms with van der Waals surface area (Å²) in [6.45, 7) is 4.57. The van der Waals surface area contributed by atoms with Gasteiger partial charge in [-0.05, 0) is 24.3 Å². The molecule has 1 aliphatic heterocycles. The molecule has 0 aliphatic carbocycles. The van der Waals surface area contributed by atoms with E-state index < -0.39 is 0 Å². The molecule has 0 atom stereocenters. The van der Waals surface area contributed by atoms with Crippen LogP contribution in [0.4, 0.5) is 5.69 Å². The minimum atomic E-state index is 0.735. The van der Waals surface area contributed by atoms with Gasteiger partial charge in [0.25, 0.3) is 0 Å². The van der Waals surface area contributed by atoms with Crippen molar-refractivity contribution in [3.8, 4) is 5.75 Å². The Hall–Kier alpha value is -2.70. The van der Waals surface area contributed by atoms with E-state index in [4.69, 9.17) is 4.74 Å². The summed E-state index contributed by atoms with van der Waals surface area (Å²) in [7, 11) is 5.45. The molecule has 1 aromatic heterocycles. The molecule has 0 spiro atoms. The summed E-state index contributed by atoms with van der Waals surface area (Å²) >= 11 is 0. The minimum absolute atomic E-state index is 0.735. The zero-order chi connectivity index (χ0) is 17.6. The quantitative estimate of drug-likeness (QED) is 0.671. The summed E-state index contributed by atoms with van der Waals surface area (Å²) in [4.78, 5) is 9.12. The van der Waals surface area contributed by atoms with Crippen LogP contribution < -0.4 is 15.0 Å². The van der Waals surface area contributed by atoms with Crippen molar-refractivity contribution in [2.75, 3.05) is 45.2 Å². The highest BCUT2D eigenvalue weighted by Crippen LogP contribution is 2.20. The highest BCUT2D eigenvalue weighted by Gasteiger charge is 2.19. The lowest BCUT2D eigenvalue weighted by molar-refractivity contribution is 0.372. The molecule has 0 saturated carbocycles. The molecular formula is C18H26N6O. The average molecular weight is 342 g/mol. The molecule has 3 rings (SSSR count). The Balaban J connectivity index is 1.52. The van der Waals surface area contributed by atoms with Crippen LogP contribution in [0.5, 0.6) is 5.75 Å². The smallest absolute Gasteiger partial charge is 0.194 e. The van der Waals surface area contributed by atoms with Crippen molar-refractivity contribution < 1.29 is 4.74 Å². The lowest BCUT2D eigenvalue weighted by Crippen LogP contribution is -2.52. The summed E-state index contributed by atoms with van der Waals surface area (Å²) in [5.74, 6) is 1.83. The number of hydrogen-bond acceptors (Lipinski definition) is 4. The molecule has 0 bridgehead atoms. The second-order valence-corrected chi connectivity index (χ2v) is 6.10. The molecule has 0 radical (unpaired) electrons. The average Bonchev–Trinajstić information content (AvgIpc) is 3.08. The summed E-state index contributed by atoms with van der Waals surface area (Å²) < 4.78 is 7.04. The van der Waals surface area contributed by atoms with Crippen molar-refractivity contribution >= 4 is 11.6 Å². The first-order valence-corrected chi connectivity index (χ1v) is 8.51. The molecule has 2 aromatic rings. The zero-order valence-corrected chi connectivity index (χ0v) is 15.1. The van der Waals surface area contributed by atoms with Gasteiger partial charge in [-0.25, -0.2) is 0 Å². The highest BCUT2D eigenvalue weighted by molar-refractivity contribution is 5.80. The number of aliphatic imine (C=N–C) groups is 1. The number of guanidine groups is 1. The first-order valence-electron chi connectivity index (χ1n) is 8.51. The first kappa shape index (κ1) is 17.1. The van der Waals surface area contributed by atoms with Gasteiger partial charge in [-0.1, -0.05) is 0 Å². The van der Waals surface area contributed by atoms with Gasteiger partial charge in [-0.2, -0.15) is 5.10 Å². The maximum absolute atomic E-state index is 5.23. The summed E-state index contributed by atoms with van der Waals surface area (Å²) in [6.07, 6.45) is 3.89. The molecule has 25 heavy (non-hydrogen) atoms. The fourth-order valence-corrected chi connectivity index (χ4v) is 3.05. The number of benzene rings is 1. The summed E-state index contributed by atoms with van der Waals surface area (Å²) in [5.41, 5.74) is 2.39. The number of rotatable bonds is 4. The lowest BCUT2D eigenvalue weighted by atomic mass is 10.2. The third kappa shape index (κ3) is 4.23. The van der Waals surface area contributed by atoms with Crippen LogP contribution in [0.1, 0.15) is 5.56 Å². The van der Waals surface area contributed by atoms with Crippen molar-refractivity contribution in [1.29, 1.82) is 0 Å². The van der Waals surface area contributed by atoms with Crippen LogP contribution in [-0.4, -0.2) is 61.0 Å². The van der Waals surface area contributed by atoms with E-state index in [2.05, 4.69) is 37.3 Å². The molecule has 1 N–H and O–H groups in total. The molecule has 0 amide bonds. The fraction of sp³-hybridized carbons (Fsp3) is 0.444. The predicted octanol–water partition coefficient (Wildman–Crippen LogP) is 1.33. The number of ether oxygens (including phenoxy) is 1. The number of aromatic nitrogens is 2. The molecule has 7 heteroatoms. The molecular weight excluding hydrogens is 316 g/mol. The van der Waals surface area contributed by atoms with E-state index >= 15 is 0 Å². The van der Waals surface area contributed by atoms with E-state index in [9.17, 15) is 0 Å². The number of nitrogens with zero attached hydrogens (tertiary/aromatic N) is 5. The largest absolute Gasteiger partial charge is 0.497 e. The minimum Gasteiger partial charge on any atom is -0.497 e. The molecule has 0 unspecified atom stereocenters. The second kappa shape index (κ2) is 7.92. The van der Waals surface area contributed by atoms with Crippen molar-refractivity contribution in [2.24, 2.45) is 12.0 Å². The van der Waals surface area contributed by atoms with Crippen molar-refractivity contribution in [1.82, 2.24) is 20.0 Å². The first-order chi connectivity index (χ1) is 12.2. The van der Waals surface area contributed by atoms with Crippen LogP contribution in [0.15, 0.2) is 41.7 Å². The topological polar surface area (TPSA) is 57.9 Å². The Kier molecular flexibility index (Phi) is 5.42. The molecule has 2 heterocycles. The maximum Gasteiger partial charge on any atom is 0.194 e. The van der Waals surface area contributed by atoms with E-state index in [1.165, 1.54) is 5.69 Å². The Bertz CT molecular complexity index is 701. The van der Waals surface area contributed by atoms with E-state index in [1.54, 1.807) is 7.11 Å². The number of methoxy groups -OCH3 is 1. The van der Waals surface area contributed by atoms with Gasteiger partial charge in [-0.15, -0.1) is 0 Å². The molecule has 1 saturated heterocycles. The van der Waals surface area contributed by atoms with E-state index in [0.29, 0.717) is 0 Å². The van der Waals surface area contributed by atoms with Gasteiger partial charge >= 0.3 is 0 Å². The number of aryl methyl sites for hydroxylation is 1. The molecule has 1 aromatic carbocycles. The van der Waals surface area contributed by atoms with E-state index in [0.717, 1.165) is 50.0 Å². The van der Waals surface area contributed by atoms with E-state index in [-0.39, 0.29) is 0 Å². The van der Waals surface area contributed by atoms with Crippen molar-refractivity contribution in [2.45, 2.75) is 6.54 Å². The van der Waals surface area contributed by atoms with Crippen molar-refractivity contribution in [3.05, 3.63) is 42.2 Å². The standard InChI is InChI=1S/C18H26N6O/c1-19-18(20-12-15-13-21-22(2)14-15)24-10-8-23(9-11-24)16-4-6-17(25-3)7-5-16/h4-7,13-14H,8-12H2,1-3H3,(H,19,20). The predicted molar refractivity (Wildman–Crippen MR) is 100 cm³/mol. The monoisotopic (exact) mass is 342 g/mol. The van der Waals surface area contributed by atoms with Gasteiger partial charge in [-0.3, -0.25) is 9.67 Å². The van der Waals surface area contributed by atoms with Gasteiger partial charge in [0.1, 0.15) is 5.75 Å². The molecule has 7 nitrogen and oxygen atoms in total. The Morgan fingerprint density at radius 3 is 2.48 bits per heavy atom. The van der Waals surface area contributed by atoms with Crippen LogP contribution in [0.25, 0.3) is 0 Å². The van der Waals surface area contributed by atoms with Crippen LogP contribution >= 0.6 is 0 Å². The highest BCUT2D eigenvalue weighted by atomic mass is 16.5. The number of piperazine rings is 1. The van der Waals surface area contributed by atoms with Crippen LogP contribution in [0, 0.1) is 0 Å². The SMILES string of the molecule is CN=C(NCc1cnn(C)c1)N1CCN(c2ccc(OC)cc2)CC1. The normalized spacial score (nSPS) is 15.4. The molecule has 1 aliphatic rings. The summed E-state index contributed by atoms with van der Waals surface area (Å²) in [6, 6.07) is 8.25. The summed E-state index contributed by atoms with van der Waals surface area (Å²) in [5, 5.41) is 7.62. The number of hydrogen-bond donors (Lipinski definition) is 1. The van der Waals surface area contributed by atoms with Gasteiger partial charge in [0.2, 0.25) is 0 Å².